The Balaban J connectivity index is 1.52. The molecular formula is C26H34N2O3. The lowest BCUT2D eigenvalue weighted by Gasteiger charge is -2.39. The summed E-state index contributed by atoms with van der Waals surface area (Å²) in [6, 6.07) is 19.7. The molecule has 0 saturated carbocycles. The standard InChI is InChI=1S/C26H34N2O3/c1-3-15-31-19-26(29)27-14-13-25-24(18-27)23(21-9-11-22(30-2)12-10-21)17-28(25)16-20-7-5-4-6-8-20/h4-12,23-25H,3,13-19H2,1-2H3/t23-,24-,25-/m1/s1. The number of benzene rings is 2. The number of hydrogen-bond acceptors (Lipinski definition) is 4. The highest BCUT2D eigenvalue weighted by molar-refractivity contribution is 5.77. The van der Waals surface area contributed by atoms with Gasteiger partial charge in [-0.05, 0) is 36.1 Å². The third-order valence-corrected chi connectivity index (χ3v) is 6.74. The van der Waals surface area contributed by atoms with Gasteiger partial charge < -0.3 is 14.4 Å². The number of carbonyl (C=O) groups excluding carboxylic acids is 1. The van der Waals surface area contributed by atoms with Crippen molar-refractivity contribution < 1.29 is 14.3 Å². The van der Waals surface area contributed by atoms with Gasteiger partial charge in [0, 0.05) is 50.7 Å². The van der Waals surface area contributed by atoms with Crippen molar-refractivity contribution in [3.05, 3.63) is 65.7 Å². The van der Waals surface area contributed by atoms with Crippen molar-refractivity contribution in [2.24, 2.45) is 5.92 Å². The molecule has 5 nitrogen and oxygen atoms in total. The highest BCUT2D eigenvalue weighted by atomic mass is 16.5. The maximum absolute atomic E-state index is 12.7. The van der Waals surface area contributed by atoms with Crippen molar-refractivity contribution in [1.29, 1.82) is 0 Å². The molecule has 0 unspecified atom stereocenters. The molecule has 3 atom stereocenters. The second-order valence-electron chi connectivity index (χ2n) is 8.71. The molecule has 2 aromatic carbocycles. The molecule has 2 heterocycles. The average molecular weight is 423 g/mol. The zero-order valence-electron chi connectivity index (χ0n) is 18.7. The van der Waals surface area contributed by atoms with Crippen LogP contribution in [0.2, 0.25) is 0 Å². The topological polar surface area (TPSA) is 42.0 Å². The Hall–Kier alpha value is -2.37. The lowest BCUT2D eigenvalue weighted by atomic mass is 9.81. The summed E-state index contributed by atoms with van der Waals surface area (Å²) in [5.41, 5.74) is 2.69. The Kier molecular flexibility index (Phi) is 7.25. The molecule has 0 radical (unpaired) electrons. The normalized spacial score (nSPS) is 23.5. The van der Waals surface area contributed by atoms with Crippen LogP contribution in [0.15, 0.2) is 54.6 Å². The first-order valence-corrected chi connectivity index (χ1v) is 11.5. The summed E-state index contributed by atoms with van der Waals surface area (Å²) in [4.78, 5) is 17.4. The number of amides is 1. The van der Waals surface area contributed by atoms with E-state index in [9.17, 15) is 4.79 Å². The van der Waals surface area contributed by atoms with Crippen molar-refractivity contribution in [3.63, 3.8) is 0 Å². The fourth-order valence-corrected chi connectivity index (χ4v) is 5.17. The molecule has 2 fully saturated rings. The van der Waals surface area contributed by atoms with E-state index in [4.69, 9.17) is 9.47 Å². The highest BCUT2D eigenvalue weighted by Gasteiger charge is 2.45. The number of piperidine rings is 1. The Morgan fingerprint density at radius 1 is 1.06 bits per heavy atom. The monoisotopic (exact) mass is 422 g/mol. The Labute approximate surface area is 185 Å². The Morgan fingerprint density at radius 3 is 2.55 bits per heavy atom. The van der Waals surface area contributed by atoms with E-state index < -0.39 is 0 Å². The second kappa shape index (κ2) is 10.3. The zero-order chi connectivity index (χ0) is 21.6. The molecule has 0 aliphatic carbocycles. The molecule has 4 rings (SSSR count). The predicted molar refractivity (Wildman–Crippen MR) is 122 cm³/mol. The largest absolute Gasteiger partial charge is 0.497 e. The number of nitrogens with zero attached hydrogens (tertiary/aromatic N) is 2. The number of carbonyl (C=O) groups is 1. The number of rotatable bonds is 8. The van der Waals surface area contributed by atoms with E-state index >= 15 is 0 Å². The molecule has 2 saturated heterocycles. The van der Waals surface area contributed by atoms with E-state index in [0.29, 0.717) is 24.5 Å². The summed E-state index contributed by atoms with van der Waals surface area (Å²) in [5, 5.41) is 0. The van der Waals surface area contributed by atoms with Crippen molar-refractivity contribution in [3.8, 4) is 5.75 Å². The minimum Gasteiger partial charge on any atom is -0.497 e. The Bertz CT molecular complexity index is 839. The van der Waals surface area contributed by atoms with Gasteiger partial charge in [0.25, 0.3) is 0 Å². The highest BCUT2D eigenvalue weighted by Crippen LogP contribution is 2.42. The first-order chi connectivity index (χ1) is 15.2. The van der Waals surface area contributed by atoms with Crippen LogP contribution in [0.4, 0.5) is 0 Å². The van der Waals surface area contributed by atoms with Gasteiger partial charge in [-0.2, -0.15) is 0 Å². The van der Waals surface area contributed by atoms with Crippen LogP contribution in [0.1, 0.15) is 36.8 Å². The van der Waals surface area contributed by atoms with E-state index in [1.165, 1.54) is 11.1 Å². The molecule has 5 heteroatoms. The van der Waals surface area contributed by atoms with Crippen LogP contribution >= 0.6 is 0 Å². The number of likely N-dealkylation sites (tertiary alicyclic amines) is 2. The smallest absolute Gasteiger partial charge is 0.248 e. The lowest BCUT2D eigenvalue weighted by molar-refractivity contribution is -0.138. The van der Waals surface area contributed by atoms with Crippen LogP contribution in [0.5, 0.6) is 5.75 Å². The molecular weight excluding hydrogens is 388 g/mol. The molecule has 2 aliphatic rings. The average Bonchev–Trinajstić information content (AvgIpc) is 3.17. The molecule has 2 aliphatic heterocycles. The van der Waals surface area contributed by atoms with Crippen molar-refractivity contribution in [1.82, 2.24) is 9.80 Å². The van der Waals surface area contributed by atoms with Crippen LogP contribution in [0.3, 0.4) is 0 Å². The summed E-state index contributed by atoms with van der Waals surface area (Å²) >= 11 is 0. The third-order valence-electron chi connectivity index (χ3n) is 6.74. The minimum absolute atomic E-state index is 0.127. The molecule has 0 aromatic heterocycles. The van der Waals surface area contributed by atoms with E-state index in [0.717, 1.165) is 44.8 Å². The van der Waals surface area contributed by atoms with E-state index in [2.05, 4.69) is 66.4 Å². The molecule has 31 heavy (non-hydrogen) atoms. The van der Waals surface area contributed by atoms with Crippen LogP contribution < -0.4 is 4.74 Å². The summed E-state index contributed by atoms with van der Waals surface area (Å²) in [7, 11) is 1.70. The van der Waals surface area contributed by atoms with Gasteiger partial charge in [-0.15, -0.1) is 0 Å². The van der Waals surface area contributed by atoms with Crippen molar-refractivity contribution >= 4 is 5.91 Å². The molecule has 0 bridgehead atoms. The fourth-order valence-electron chi connectivity index (χ4n) is 5.17. The minimum atomic E-state index is 0.127. The maximum atomic E-state index is 12.7. The van der Waals surface area contributed by atoms with Gasteiger partial charge >= 0.3 is 0 Å². The van der Waals surface area contributed by atoms with Gasteiger partial charge in [-0.25, -0.2) is 0 Å². The fraction of sp³-hybridized carbons (Fsp3) is 0.500. The van der Waals surface area contributed by atoms with Crippen LogP contribution in [-0.2, 0) is 16.1 Å². The molecule has 166 valence electrons. The van der Waals surface area contributed by atoms with E-state index in [-0.39, 0.29) is 12.5 Å². The van der Waals surface area contributed by atoms with Crippen molar-refractivity contribution in [2.45, 2.75) is 38.3 Å². The number of hydrogen-bond donors (Lipinski definition) is 0. The molecule has 0 spiro atoms. The molecule has 2 aromatic rings. The number of methoxy groups -OCH3 is 1. The summed E-state index contributed by atoms with van der Waals surface area (Å²) < 4.78 is 10.9. The van der Waals surface area contributed by atoms with Gasteiger partial charge in [-0.3, -0.25) is 9.69 Å². The third kappa shape index (κ3) is 5.10. The zero-order valence-corrected chi connectivity index (χ0v) is 18.7. The molecule has 1 amide bonds. The second-order valence-corrected chi connectivity index (χ2v) is 8.71. The summed E-state index contributed by atoms with van der Waals surface area (Å²) in [6.07, 6.45) is 1.95. The van der Waals surface area contributed by atoms with Gasteiger partial charge in [-0.1, -0.05) is 49.4 Å². The van der Waals surface area contributed by atoms with Gasteiger partial charge in [0.05, 0.1) is 7.11 Å². The van der Waals surface area contributed by atoms with Crippen LogP contribution in [-0.4, -0.2) is 61.7 Å². The molecule has 0 N–H and O–H groups in total. The van der Waals surface area contributed by atoms with Gasteiger partial charge in [0.15, 0.2) is 0 Å². The quantitative estimate of drug-likeness (QED) is 0.605. The van der Waals surface area contributed by atoms with Gasteiger partial charge in [0.1, 0.15) is 12.4 Å². The Morgan fingerprint density at radius 2 is 1.84 bits per heavy atom. The SMILES string of the molecule is CCCOCC(=O)N1CC[C@@H]2[C@H](C1)[C@@H](c1ccc(OC)cc1)CN2Cc1ccccc1. The summed E-state index contributed by atoms with van der Waals surface area (Å²) in [6.45, 7) is 6.51. The predicted octanol–water partition coefficient (Wildman–Crippen LogP) is 3.94. The first-order valence-electron chi connectivity index (χ1n) is 11.5. The van der Waals surface area contributed by atoms with Crippen LogP contribution in [0, 0.1) is 5.92 Å². The number of ether oxygens (including phenoxy) is 2. The number of fused-ring (bicyclic) bond motifs is 1. The van der Waals surface area contributed by atoms with Crippen molar-refractivity contribution in [2.75, 3.05) is 40.0 Å². The van der Waals surface area contributed by atoms with E-state index in [1.54, 1.807) is 7.11 Å². The van der Waals surface area contributed by atoms with Crippen LogP contribution in [0.25, 0.3) is 0 Å². The summed E-state index contributed by atoms with van der Waals surface area (Å²) in [5.74, 6) is 1.85. The van der Waals surface area contributed by atoms with E-state index in [1.807, 2.05) is 4.90 Å². The lowest BCUT2D eigenvalue weighted by Crippen LogP contribution is -2.49. The maximum Gasteiger partial charge on any atom is 0.248 e. The van der Waals surface area contributed by atoms with Gasteiger partial charge in [0.2, 0.25) is 5.91 Å². The first kappa shape index (κ1) is 21.8.